The number of nitrogens with one attached hydrogen (secondary N) is 1. The van der Waals surface area contributed by atoms with Crippen LogP contribution >= 0.6 is 0 Å². The van der Waals surface area contributed by atoms with Gasteiger partial charge in [0, 0.05) is 6.04 Å². The van der Waals surface area contributed by atoms with Crippen LogP contribution in [0.5, 0.6) is 0 Å². The summed E-state index contributed by atoms with van der Waals surface area (Å²) in [6, 6.07) is 0.216. The highest BCUT2D eigenvalue weighted by molar-refractivity contribution is 7.92. The van der Waals surface area contributed by atoms with Gasteiger partial charge < -0.3 is 5.32 Å². The van der Waals surface area contributed by atoms with Crippen molar-refractivity contribution in [2.24, 2.45) is 5.92 Å². The van der Waals surface area contributed by atoms with Crippen LogP contribution < -0.4 is 5.32 Å². The summed E-state index contributed by atoms with van der Waals surface area (Å²) in [5.41, 5.74) is 0. The Morgan fingerprint density at radius 1 is 1.24 bits per heavy atom. The lowest BCUT2D eigenvalue weighted by Crippen LogP contribution is -2.47. The van der Waals surface area contributed by atoms with Crippen LogP contribution in [0.3, 0.4) is 0 Å². The van der Waals surface area contributed by atoms with Gasteiger partial charge in [-0.25, -0.2) is 8.42 Å². The molecule has 2 rings (SSSR count). The van der Waals surface area contributed by atoms with Crippen molar-refractivity contribution >= 4 is 9.84 Å². The van der Waals surface area contributed by atoms with Gasteiger partial charge in [0.2, 0.25) is 0 Å². The van der Waals surface area contributed by atoms with Crippen LogP contribution in [0.1, 0.15) is 51.9 Å². The summed E-state index contributed by atoms with van der Waals surface area (Å²) in [4.78, 5) is 0. The first-order valence-corrected chi connectivity index (χ1v) is 8.80. The van der Waals surface area contributed by atoms with Gasteiger partial charge in [-0.2, -0.15) is 0 Å². The Labute approximate surface area is 105 Å². The third-order valence-electron chi connectivity index (χ3n) is 4.02. The molecule has 2 unspecified atom stereocenters. The van der Waals surface area contributed by atoms with E-state index in [1.165, 1.54) is 12.8 Å². The van der Waals surface area contributed by atoms with Crippen LogP contribution in [0.4, 0.5) is 0 Å². The first-order valence-electron chi connectivity index (χ1n) is 7.08. The zero-order chi connectivity index (χ0) is 12.3. The smallest absolute Gasteiger partial charge is 0.154 e. The van der Waals surface area contributed by atoms with Crippen LogP contribution in [-0.4, -0.2) is 32.0 Å². The van der Waals surface area contributed by atoms with Crippen molar-refractivity contribution in [3.8, 4) is 0 Å². The monoisotopic (exact) mass is 259 g/mol. The molecule has 1 aliphatic carbocycles. The zero-order valence-corrected chi connectivity index (χ0v) is 11.6. The summed E-state index contributed by atoms with van der Waals surface area (Å²) in [6.07, 6.45) is 7.57. The molecule has 0 spiro atoms. The molecule has 2 aliphatic rings. The minimum atomic E-state index is -2.83. The fourth-order valence-corrected chi connectivity index (χ4v) is 4.98. The topological polar surface area (TPSA) is 46.2 Å². The molecule has 1 heterocycles. The number of sulfone groups is 1. The van der Waals surface area contributed by atoms with Crippen LogP contribution in [0.15, 0.2) is 0 Å². The second-order valence-corrected chi connectivity index (χ2v) is 7.98. The average Bonchev–Trinajstić information content (AvgIpc) is 3.08. The van der Waals surface area contributed by atoms with Gasteiger partial charge in [0.25, 0.3) is 0 Å². The van der Waals surface area contributed by atoms with Gasteiger partial charge in [-0.05, 0) is 38.1 Å². The molecule has 0 radical (unpaired) electrons. The minimum Gasteiger partial charge on any atom is -0.313 e. The number of hydrogen-bond donors (Lipinski definition) is 1. The maximum absolute atomic E-state index is 12.1. The second kappa shape index (κ2) is 5.70. The van der Waals surface area contributed by atoms with Crippen molar-refractivity contribution in [3.63, 3.8) is 0 Å². The first-order chi connectivity index (χ1) is 8.13. The van der Waals surface area contributed by atoms with E-state index in [1.807, 2.05) is 0 Å². The van der Waals surface area contributed by atoms with Gasteiger partial charge in [0.05, 0.1) is 11.0 Å². The van der Waals surface area contributed by atoms with Crippen LogP contribution in [0.25, 0.3) is 0 Å². The van der Waals surface area contributed by atoms with E-state index >= 15 is 0 Å². The van der Waals surface area contributed by atoms with Crippen molar-refractivity contribution in [1.82, 2.24) is 5.32 Å². The van der Waals surface area contributed by atoms with E-state index in [2.05, 4.69) is 12.2 Å². The average molecular weight is 259 g/mol. The third-order valence-corrected chi connectivity index (χ3v) is 6.36. The maximum atomic E-state index is 12.1. The maximum Gasteiger partial charge on any atom is 0.154 e. The second-order valence-electron chi connectivity index (χ2n) is 5.64. The largest absolute Gasteiger partial charge is 0.313 e. The van der Waals surface area contributed by atoms with Crippen molar-refractivity contribution in [3.05, 3.63) is 0 Å². The molecule has 2 atom stereocenters. The summed E-state index contributed by atoms with van der Waals surface area (Å²) in [5.74, 6) is 1.20. The Morgan fingerprint density at radius 2 is 2.00 bits per heavy atom. The van der Waals surface area contributed by atoms with E-state index in [-0.39, 0.29) is 11.3 Å². The van der Waals surface area contributed by atoms with E-state index in [1.54, 1.807) is 0 Å². The van der Waals surface area contributed by atoms with E-state index in [0.717, 1.165) is 44.6 Å². The van der Waals surface area contributed by atoms with Gasteiger partial charge in [-0.15, -0.1) is 0 Å². The molecule has 4 heteroatoms. The molecule has 2 fully saturated rings. The zero-order valence-electron chi connectivity index (χ0n) is 10.8. The Balaban J connectivity index is 2.00. The van der Waals surface area contributed by atoms with Crippen LogP contribution in [0.2, 0.25) is 0 Å². The lowest BCUT2D eigenvalue weighted by atomic mass is 10.0. The van der Waals surface area contributed by atoms with Crippen molar-refractivity contribution in [1.29, 1.82) is 0 Å². The van der Waals surface area contributed by atoms with Crippen molar-refractivity contribution in [2.75, 3.05) is 12.3 Å². The van der Waals surface area contributed by atoms with Crippen molar-refractivity contribution < 1.29 is 8.42 Å². The molecule has 17 heavy (non-hydrogen) atoms. The highest BCUT2D eigenvalue weighted by Crippen LogP contribution is 2.36. The van der Waals surface area contributed by atoms with Gasteiger partial charge in [0.15, 0.2) is 9.84 Å². The molecule has 0 bridgehead atoms. The summed E-state index contributed by atoms with van der Waals surface area (Å²) >= 11 is 0. The molecule has 0 aromatic carbocycles. The normalized spacial score (nSPS) is 30.1. The highest BCUT2D eigenvalue weighted by Gasteiger charge is 2.37. The first kappa shape index (κ1) is 13.3. The molecule has 1 aliphatic heterocycles. The van der Waals surface area contributed by atoms with Gasteiger partial charge in [-0.1, -0.05) is 26.2 Å². The minimum absolute atomic E-state index is 0.108. The SMILES string of the molecule is CCCNC(CC1CC1)C1CCCCS1(=O)=O. The summed E-state index contributed by atoms with van der Waals surface area (Å²) in [6.45, 7) is 3.08. The van der Waals surface area contributed by atoms with Crippen LogP contribution in [-0.2, 0) is 9.84 Å². The lowest BCUT2D eigenvalue weighted by Gasteiger charge is -2.31. The molecule has 0 aromatic rings. The molecular formula is C13H25NO2S. The van der Waals surface area contributed by atoms with E-state index in [0.29, 0.717) is 5.75 Å². The summed E-state index contributed by atoms with van der Waals surface area (Å²) in [7, 11) is -2.83. The molecule has 1 N–H and O–H groups in total. The Morgan fingerprint density at radius 3 is 2.59 bits per heavy atom. The Kier molecular flexibility index (Phi) is 4.47. The molecule has 1 saturated heterocycles. The molecule has 3 nitrogen and oxygen atoms in total. The molecule has 0 aromatic heterocycles. The summed E-state index contributed by atoms with van der Waals surface area (Å²) in [5, 5.41) is 3.38. The molecule has 1 saturated carbocycles. The lowest BCUT2D eigenvalue weighted by molar-refractivity contribution is 0.402. The number of rotatable bonds is 6. The van der Waals surface area contributed by atoms with Gasteiger partial charge in [0.1, 0.15) is 0 Å². The Hall–Kier alpha value is -0.0900. The highest BCUT2D eigenvalue weighted by atomic mass is 32.2. The number of hydrogen-bond acceptors (Lipinski definition) is 3. The fourth-order valence-electron chi connectivity index (χ4n) is 2.84. The summed E-state index contributed by atoms with van der Waals surface area (Å²) < 4.78 is 24.3. The van der Waals surface area contributed by atoms with E-state index in [9.17, 15) is 8.42 Å². The predicted octanol–water partition coefficient (Wildman–Crippen LogP) is 2.12. The van der Waals surface area contributed by atoms with E-state index in [4.69, 9.17) is 0 Å². The fraction of sp³-hybridized carbons (Fsp3) is 1.00. The molecule has 100 valence electrons. The van der Waals surface area contributed by atoms with E-state index < -0.39 is 9.84 Å². The van der Waals surface area contributed by atoms with Crippen LogP contribution in [0, 0.1) is 5.92 Å². The molecule has 0 amide bonds. The van der Waals surface area contributed by atoms with Crippen molar-refractivity contribution in [2.45, 2.75) is 63.2 Å². The standard InChI is InChI=1S/C13H25NO2S/c1-2-8-14-12(10-11-6-7-11)13-5-3-4-9-17(13,15)16/h11-14H,2-10H2,1H3. The third kappa shape index (κ3) is 3.68. The quantitative estimate of drug-likeness (QED) is 0.795. The van der Waals surface area contributed by atoms with Gasteiger partial charge in [-0.3, -0.25) is 0 Å². The predicted molar refractivity (Wildman–Crippen MR) is 70.8 cm³/mol. The molecular weight excluding hydrogens is 234 g/mol. The van der Waals surface area contributed by atoms with Gasteiger partial charge >= 0.3 is 0 Å². The Bertz CT molecular complexity index is 335.